The number of rotatable bonds is 5. The van der Waals surface area contributed by atoms with Gasteiger partial charge in [-0.3, -0.25) is 0 Å². The minimum Gasteiger partial charge on any atom is -0.310 e. The molecule has 2 nitrogen and oxygen atoms in total. The molecule has 0 aliphatic carbocycles. The number of fused-ring (bicyclic) bond motifs is 3. The van der Waals surface area contributed by atoms with E-state index in [1.54, 1.807) is 0 Å². The maximum atomic E-state index is 9.60. The summed E-state index contributed by atoms with van der Waals surface area (Å²) < 4.78 is 0. The molecule has 8 aromatic carbocycles. The molecule has 0 aromatic heterocycles. The van der Waals surface area contributed by atoms with Gasteiger partial charge in [-0.05, 0) is 97.0 Å². The third-order valence-corrected chi connectivity index (χ3v) is 8.65. The maximum absolute atomic E-state index is 9.60. The van der Waals surface area contributed by atoms with Crippen molar-refractivity contribution in [2.24, 2.45) is 0 Å². The fourth-order valence-corrected chi connectivity index (χ4v) is 6.69. The van der Waals surface area contributed by atoms with Crippen LogP contribution >= 0.6 is 0 Å². The van der Waals surface area contributed by atoms with E-state index in [0.29, 0.717) is 5.56 Å². The second-order valence-electron chi connectivity index (χ2n) is 11.2. The topological polar surface area (TPSA) is 27.0 Å². The average Bonchev–Trinajstić information content (AvgIpc) is 3.11. The molecule has 0 radical (unpaired) electrons. The van der Waals surface area contributed by atoms with Crippen LogP contribution in [0.25, 0.3) is 54.6 Å². The highest BCUT2D eigenvalue weighted by molar-refractivity contribution is 6.23. The van der Waals surface area contributed by atoms with Gasteiger partial charge in [0, 0.05) is 17.1 Å². The number of hydrogen-bond donors (Lipinski definition) is 0. The van der Waals surface area contributed by atoms with Crippen molar-refractivity contribution in [1.29, 1.82) is 5.26 Å². The first-order valence-electron chi connectivity index (χ1n) is 15.2. The quantitative estimate of drug-likeness (QED) is 0.192. The Hall–Kier alpha value is -6.17. The lowest BCUT2D eigenvalue weighted by molar-refractivity contribution is 1.28. The summed E-state index contributed by atoms with van der Waals surface area (Å²) in [6.07, 6.45) is 0. The first kappa shape index (κ1) is 26.5. The summed E-state index contributed by atoms with van der Waals surface area (Å²) in [4.78, 5) is 2.20. The lowest BCUT2D eigenvalue weighted by atomic mass is 9.85. The summed E-state index contributed by atoms with van der Waals surface area (Å²) in [6.45, 7) is 0. The highest BCUT2D eigenvalue weighted by atomic mass is 15.1. The molecule has 0 spiro atoms. The predicted molar refractivity (Wildman–Crippen MR) is 189 cm³/mol. The molecule has 0 unspecified atom stereocenters. The van der Waals surface area contributed by atoms with Crippen molar-refractivity contribution in [2.75, 3.05) is 4.90 Å². The van der Waals surface area contributed by atoms with E-state index in [-0.39, 0.29) is 0 Å². The van der Waals surface area contributed by atoms with Crippen molar-refractivity contribution >= 4 is 49.4 Å². The van der Waals surface area contributed by atoms with Gasteiger partial charge in [0.05, 0.1) is 11.6 Å². The highest BCUT2D eigenvalue weighted by Gasteiger charge is 2.19. The Morgan fingerprint density at radius 1 is 0.400 bits per heavy atom. The third kappa shape index (κ3) is 4.59. The molecule has 0 atom stereocenters. The number of nitrogens with zero attached hydrogens (tertiary/aromatic N) is 2. The second-order valence-corrected chi connectivity index (χ2v) is 11.2. The number of para-hydroxylation sites is 1. The van der Waals surface area contributed by atoms with Crippen LogP contribution in [0.3, 0.4) is 0 Å². The van der Waals surface area contributed by atoms with E-state index >= 15 is 0 Å². The van der Waals surface area contributed by atoms with Crippen LogP contribution in [0.2, 0.25) is 0 Å². The van der Waals surface area contributed by atoms with Crippen LogP contribution in [0.15, 0.2) is 170 Å². The van der Waals surface area contributed by atoms with Gasteiger partial charge in [0.15, 0.2) is 0 Å². The lowest BCUT2D eigenvalue weighted by Crippen LogP contribution is -2.09. The monoisotopic (exact) mass is 572 g/mol. The van der Waals surface area contributed by atoms with E-state index in [9.17, 15) is 5.26 Å². The van der Waals surface area contributed by atoms with Gasteiger partial charge < -0.3 is 4.90 Å². The zero-order valence-corrected chi connectivity index (χ0v) is 24.6. The van der Waals surface area contributed by atoms with E-state index in [1.165, 1.54) is 49.0 Å². The van der Waals surface area contributed by atoms with Crippen LogP contribution in [0.5, 0.6) is 0 Å². The SMILES string of the molecule is N#Cc1cccc(N(c2ccccc2)c2ccc(-c3c4ccccc4c(-c4cccc5ccccc45)c4ccccc34)cc2)c1. The van der Waals surface area contributed by atoms with Crippen LogP contribution in [0.4, 0.5) is 17.1 Å². The first-order valence-corrected chi connectivity index (χ1v) is 15.2. The van der Waals surface area contributed by atoms with E-state index in [2.05, 4.69) is 144 Å². The van der Waals surface area contributed by atoms with Gasteiger partial charge in [-0.1, -0.05) is 127 Å². The first-order chi connectivity index (χ1) is 22.3. The second kappa shape index (κ2) is 11.2. The molecule has 8 rings (SSSR count). The van der Waals surface area contributed by atoms with Gasteiger partial charge in [0.25, 0.3) is 0 Å². The standard InChI is InChI=1S/C43H28N2/c44-29-30-12-10-17-35(28-30)45(33-15-2-1-3-16-33)34-26-24-32(25-27-34)42-38-19-6-8-21-40(38)43(41-22-9-7-20-39(41)42)37-23-11-14-31-13-4-5-18-36(31)37/h1-28H. The number of benzene rings is 8. The zero-order chi connectivity index (χ0) is 30.2. The van der Waals surface area contributed by atoms with Crippen molar-refractivity contribution in [3.05, 3.63) is 175 Å². The molecule has 210 valence electrons. The summed E-state index contributed by atoms with van der Waals surface area (Å²) in [6, 6.07) is 62.0. The third-order valence-electron chi connectivity index (χ3n) is 8.65. The van der Waals surface area contributed by atoms with E-state index in [1.807, 2.05) is 36.4 Å². The van der Waals surface area contributed by atoms with Crippen LogP contribution in [-0.2, 0) is 0 Å². The Kier molecular flexibility index (Phi) is 6.56. The van der Waals surface area contributed by atoms with Gasteiger partial charge >= 0.3 is 0 Å². The zero-order valence-electron chi connectivity index (χ0n) is 24.6. The molecular weight excluding hydrogens is 544 g/mol. The number of hydrogen-bond acceptors (Lipinski definition) is 2. The van der Waals surface area contributed by atoms with E-state index in [4.69, 9.17) is 0 Å². The summed E-state index contributed by atoms with van der Waals surface area (Å²) in [5.41, 5.74) is 8.56. The van der Waals surface area contributed by atoms with Crippen LogP contribution in [-0.4, -0.2) is 0 Å². The molecule has 8 aromatic rings. The van der Waals surface area contributed by atoms with E-state index in [0.717, 1.165) is 22.6 Å². The van der Waals surface area contributed by atoms with Crippen LogP contribution in [0, 0.1) is 11.3 Å². The lowest BCUT2D eigenvalue weighted by Gasteiger charge is -2.26. The fraction of sp³-hybridized carbons (Fsp3) is 0. The Morgan fingerprint density at radius 3 is 1.58 bits per heavy atom. The predicted octanol–water partition coefficient (Wildman–Crippen LogP) is 11.8. The molecule has 0 saturated heterocycles. The van der Waals surface area contributed by atoms with Crippen LogP contribution in [0.1, 0.15) is 5.56 Å². The summed E-state index contributed by atoms with van der Waals surface area (Å²) >= 11 is 0. The Balaban J connectivity index is 1.34. The number of anilines is 3. The average molecular weight is 573 g/mol. The van der Waals surface area contributed by atoms with Crippen molar-refractivity contribution in [2.45, 2.75) is 0 Å². The summed E-state index contributed by atoms with van der Waals surface area (Å²) in [5.74, 6) is 0. The normalized spacial score (nSPS) is 11.1. The molecule has 0 fully saturated rings. The smallest absolute Gasteiger partial charge is 0.0992 e. The Labute approximate surface area is 262 Å². The van der Waals surface area contributed by atoms with E-state index < -0.39 is 0 Å². The number of nitriles is 1. The fourth-order valence-electron chi connectivity index (χ4n) is 6.69. The largest absolute Gasteiger partial charge is 0.310 e. The highest BCUT2D eigenvalue weighted by Crippen LogP contribution is 2.45. The Bertz CT molecular complexity index is 2320. The molecule has 0 amide bonds. The van der Waals surface area contributed by atoms with Crippen molar-refractivity contribution < 1.29 is 0 Å². The van der Waals surface area contributed by atoms with Gasteiger partial charge in [0.2, 0.25) is 0 Å². The minimum absolute atomic E-state index is 0.634. The van der Waals surface area contributed by atoms with Crippen molar-refractivity contribution in [3.63, 3.8) is 0 Å². The van der Waals surface area contributed by atoms with Crippen molar-refractivity contribution in [3.8, 4) is 28.3 Å². The van der Waals surface area contributed by atoms with Gasteiger partial charge in [-0.25, -0.2) is 0 Å². The van der Waals surface area contributed by atoms with Crippen molar-refractivity contribution in [1.82, 2.24) is 0 Å². The van der Waals surface area contributed by atoms with Gasteiger partial charge in [-0.15, -0.1) is 0 Å². The van der Waals surface area contributed by atoms with Crippen LogP contribution < -0.4 is 4.90 Å². The molecule has 45 heavy (non-hydrogen) atoms. The minimum atomic E-state index is 0.634. The Morgan fingerprint density at radius 2 is 0.911 bits per heavy atom. The summed E-state index contributed by atoms with van der Waals surface area (Å²) in [5, 5.41) is 17.0. The summed E-state index contributed by atoms with van der Waals surface area (Å²) in [7, 11) is 0. The van der Waals surface area contributed by atoms with Gasteiger partial charge in [-0.2, -0.15) is 5.26 Å². The maximum Gasteiger partial charge on any atom is 0.0992 e. The molecule has 0 saturated carbocycles. The molecule has 0 aliphatic heterocycles. The van der Waals surface area contributed by atoms with Gasteiger partial charge in [0.1, 0.15) is 0 Å². The molecule has 2 heteroatoms. The molecular formula is C43H28N2. The molecule has 0 bridgehead atoms. The molecule has 0 N–H and O–H groups in total. The molecule has 0 aliphatic rings. The molecule has 0 heterocycles.